The fourth-order valence-corrected chi connectivity index (χ4v) is 3.37. The third-order valence-electron chi connectivity index (χ3n) is 3.52. The largest absolute Gasteiger partial charge is 0.366 e. The molecule has 136 valence electrons. The molecule has 0 spiro atoms. The lowest BCUT2D eigenvalue weighted by Gasteiger charge is -2.25. The molecule has 0 bridgehead atoms. The summed E-state index contributed by atoms with van der Waals surface area (Å²) in [7, 11) is -2.40. The summed E-state index contributed by atoms with van der Waals surface area (Å²) in [6, 6.07) is 6.41. The van der Waals surface area contributed by atoms with Crippen molar-refractivity contribution < 1.29 is 31.9 Å². The quantitative estimate of drug-likeness (QED) is 0.583. The third-order valence-corrected chi connectivity index (χ3v) is 4.81. The van der Waals surface area contributed by atoms with Crippen LogP contribution in [0.25, 0.3) is 0 Å². The zero-order valence-corrected chi connectivity index (χ0v) is 15.1. The first-order chi connectivity index (χ1) is 11.1. The SMILES string of the molecule is CO[C@@H]1O[C@H](COS(=O)(=O)c2ccc(C)cc2)CC1OC(C)(C)O. The third kappa shape index (κ3) is 5.23. The van der Waals surface area contributed by atoms with Gasteiger partial charge < -0.3 is 19.3 Å². The molecule has 1 aliphatic rings. The Morgan fingerprint density at radius 3 is 2.46 bits per heavy atom. The predicted molar refractivity (Wildman–Crippen MR) is 85.8 cm³/mol. The maximum atomic E-state index is 12.2. The van der Waals surface area contributed by atoms with Gasteiger partial charge in [0.15, 0.2) is 12.1 Å². The second-order valence-electron chi connectivity index (χ2n) is 6.25. The summed E-state index contributed by atoms with van der Waals surface area (Å²) < 4.78 is 45.6. The van der Waals surface area contributed by atoms with Gasteiger partial charge in [-0.1, -0.05) is 17.7 Å². The molecule has 1 aliphatic heterocycles. The molecule has 0 radical (unpaired) electrons. The van der Waals surface area contributed by atoms with Crippen LogP contribution in [0.4, 0.5) is 0 Å². The van der Waals surface area contributed by atoms with Crippen molar-refractivity contribution >= 4 is 10.1 Å². The summed E-state index contributed by atoms with van der Waals surface area (Å²) in [6.07, 6.45) is -1.35. The van der Waals surface area contributed by atoms with Crippen LogP contribution in [-0.2, 0) is 28.5 Å². The summed E-state index contributed by atoms with van der Waals surface area (Å²) in [5, 5.41) is 9.75. The van der Waals surface area contributed by atoms with Gasteiger partial charge in [0.05, 0.1) is 17.6 Å². The number of hydrogen-bond acceptors (Lipinski definition) is 7. The summed E-state index contributed by atoms with van der Waals surface area (Å²) >= 11 is 0. The Balaban J connectivity index is 1.95. The van der Waals surface area contributed by atoms with E-state index in [1.54, 1.807) is 12.1 Å². The van der Waals surface area contributed by atoms with E-state index in [-0.39, 0.29) is 11.5 Å². The van der Waals surface area contributed by atoms with Crippen LogP contribution in [0.1, 0.15) is 25.8 Å². The van der Waals surface area contributed by atoms with Crippen LogP contribution in [-0.4, -0.2) is 51.5 Å². The lowest BCUT2D eigenvalue weighted by molar-refractivity contribution is -0.247. The average Bonchev–Trinajstić information content (AvgIpc) is 2.86. The maximum Gasteiger partial charge on any atom is 0.297 e. The molecule has 1 saturated heterocycles. The van der Waals surface area contributed by atoms with E-state index >= 15 is 0 Å². The first-order valence-corrected chi connectivity index (χ1v) is 9.06. The molecular formula is C16H24O7S. The molecular weight excluding hydrogens is 336 g/mol. The Hall–Kier alpha value is -1.03. The van der Waals surface area contributed by atoms with Crippen molar-refractivity contribution in [1.82, 2.24) is 0 Å². The summed E-state index contributed by atoms with van der Waals surface area (Å²) in [5.74, 6) is -1.34. The Morgan fingerprint density at radius 2 is 1.92 bits per heavy atom. The zero-order chi connectivity index (χ0) is 18.0. The van der Waals surface area contributed by atoms with Gasteiger partial charge in [-0.05, 0) is 32.9 Å². The van der Waals surface area contributed by atoms with Crippen LogP contribution in [0.15, 0.2) is 29.2 Å². The van der Waals surface area contributed by atoms with Crippen LogP contribution in [0.2, 0.25) is 0 Å². The highest BCUT2D eigenvalue weighted by molar-refractivity contribution is 7.86. The number of rotatable bonds is 7. The van der Waals surface area contributed by atoms with Crippen molar-refractivity contribution in [3.8, 4) is 0 Å². The van der Waals surface area contributed by atoms with Crippen LogP contribution < -0.4 is 0 Å². The van der Waals surface area contributed by atoms with Gasteiger partial charge in [-0.3, -0.25) is 4.18 Å². The Labute approximate surface area is 142 Å². The van der Waals surface area contributed by atoms with Gasteiger partial charge in [-0.15, -0.1) is 0 Å². The number of ether oxygens (including phenoxy) is 3. The summed E-state index contributed by atoms with van der Waals surface area (Å²) in [4.78, 5) is 0.0960. The van der Waals surface area contributed by atoms with Gasteiger partial charge in [0.2, 0.25) is 0 Å². The zero-order valence-electron chi connectivity index (χ0n) is 14.3. The molecule has 1 N–H and O–H groups in total. The van der Waals surface area contributed by atoms with Crippen molar-refractivity contribution in [2.24, 2.45) is 0 Å². The number of methoxy groups -OCH3 is 1. The lowest BCUT2D eigenvalue weighted by Crippen LogP contribution is -2.35. The Bertz CT molecular complexity index is 633. The number of hydrogen-bond donors (Lipinski definition) is 1. The average molecular weight is 360 g/mol. The molecule has 1 fully saturated rings. The van der Waals surface area contributed by atoms with Crippen molar-refractivity contribution in [3.05, 3.63) is 29.8 Å². The molecule has 1 aromatic rings. The molecule has 8 heteroatoms. The van der Waals surface area contributed by atoms with E-state index in [1.165, 1.54) is 33.1 Å². The maximum absolute atomic E-state index is 12.2. The second kappa shape index (κ2) is 7.47. The van der Waals surface area contributed by atoms with Gasteiger partial charge >= 0.3 is 0 Å². The van der Waals surface area contributed by atoms with Crippen molar-refractivity contribution in [1.29, 1.82) is 0 Å². The monoisotopic (exact) mass is 360 g/mol. The van der Waals surface area contributed by atoms with Crippen LogP contribution in [0.3, 0.4) is 0 Å². The van der Waals surface area contributed by atoms with E-state index in [1.807, 2.05) is 6.92 Å². The molecule has 0 aliphatic carbocycles. The fourth-order valence-electron chi connectivity index (χ4n) is 2.43. The molecule has 0 saturated carbocycles. The second-order valence-corrected chi connectivity index (χ2v) is 7.87. The van der Waals surface area contributed by atoms with Crippen LogP contribution in [0.5, 0.6) is 0 Å². The lowest BCUT2D eigenvalue weighted by atomic mass is 10.2. The summed E-state index contributed by atoms with van der Waals surface area (Å²) in [6.45, 7) is 4.73. The van der Waals surface area contributed by atoms with Gasteiger partial charge in [0, 0.05) is 13.5 Å². The minimum absolute atomic E-state index is 0.0960. The minimum Gasteiger partial charge on any atom is -0.366 e. The van der Waals surface area contributed by atoms with Crippen LogP contribution >= 0.6 is 0 Å². The topological polar surface area (TPSA) is 91.3 Å². The van der Waals surface area contributed by atoms with E-state index in [4.69, 9.17) is 18.4 Å². The van der Waals surface area contributed by atoms with E-state index in [0.717, 1.165) is 5.56 Å². The van der Waals surface area contributed by atoms with Crippen LogP contribution in [0, 0.1) is 6.92 Å². The number of aryl methyl sites for hydroxylation is 1. The molecule has 1 heterocycles. The van der Waals surface area contributed by atoms with Crippen molar-refractivity contribution in [2.75, 3.05) is 13.7 Å². The Kier molecular flexibility index (Phi) is 6.00. The standard InChI is InChI=1S/C16H24O7S/c1-11-5-7-13(8-6-11)24(18,19)21-10-12-9-14(15(20-4)22-12)23-16(2,3)17/h5-8,12,14-15,17H,9-10H2,1-4H3/t12-,14?,15+/m0/s1. The Morgan fingerprint density at radius 1 is 1.29 bits per heavy atom. The molecule has 7 nitrogen and oxygen atoms in total. The van der Waals surface area contributed by atoms with Crippen molar-refractivity contribution in [3.63, 3.8) is 0 Å². The highest BCUT2D eigenvalue weighted by atomic mass is 32.2. The van der Waals surface area contributed by atoms with Gasteiger partial charge in [0.1, 0.15) is 6.10 Å². The van der Waals surface area contributed by atoms with Gasteiger partial charge in [-0.2, -0.15) is 8.42 Å². The molecule has 3 atom stereocenters. The summed E-state index contributed by atoms with van der Waals surface area (Å²) in [5.41, 5.74) is 0.961. The van der Waals surface area contributed by atoms with Crippen molar-refractivity contribution in [2.45, 2.75) is 56.4 Å². The first-order valence-electron chi connectivity index (χ1n) is 7.65. The first kappa shape index (κ1) is 19.3. The number of aliphatic hydroxyl groups is 1. The smallest absolute Gasteiger partial charge is 0.297 e. The highest BCUT2D eigenvalue weighted by Gasteiger charge is 2.39. The van der Waals surface area contributed by atoms with E-state index in [0.29, 0.717) is 6.42 Å². The molecule has 2 rings (SSSR count). The van der Waals surface area contributed by atoms with Gasteiger partial charge in [-0.25, -0.2) is 0 Å². The van der Waals surface area contributed by atoms with E-state index in [2.05, 4.69) is 0 Å². The molecule has 0 amide bonds. The molecule has 1 unspecified atom stereocenters. The molecule has 24 heavy (non-hydrogen) atoms. The molecule has 0 aromatic heterocycles. The highest BCUT2D eigenvalue weighted by Crippen LogP contribution is 2.28. The fraction of sp³-hybridized carbons (Fsp3) is 0.625. The minimum atomic E-state index is -3.85. The number of benzene rings is 1. The van der Waals surface area contributed by atoms with Gasteiger partial charge in [0.25, 0.3) is 10.1 Å². The normalized spacial score (nSPS) is 25.1. The molecule has 1 aromatic carbocycles. The predicted octanol–water partition coefficient (Wildman–Crippen LogP) is 1.58. The van der Waals surface area contributed by atoms with E-state index in [9.17, 15) is 13.5 Å². The van der Waals surface area contributed by atoms with E-state index < -0.39 is 34.4 Å².